The summed E-state index contributed by atoms with van der Waals surface area (Å²) in [4.78, 5) is 11.5. The van der Waals surface area contributed by atoms with Crippen molar-refractivity contribution in [1.29, 1.82) is 0 Å². The number of hydrogen-bond acceptors (Lipinski definition) is 3. The van der Waals surface area contributed by atoms with Gasteiger partial charge in [0.1, 0.15) is 0 Å². The van der Waals surface area contributed by atoms with Crippen molar-refractivity contribution in [2.24, 2.45) is 5.92 Å². The predicted molar refractivity (Wildman–Crippen MR) is 57.8 cm³/mol. The van der Waals surface area contributed by atoms with Crippen molar-refractivity contribution in [3.63, 3.8) is 0 Å². The monoisotopic (exact) mass is 232 g/mol. The molecule has 0 amide bonds. The zero-order valence-corrected chi connectivity index (χ0v) is 9.44. The van der Waals surface area contributed by atoms with Crippen molar-refractivity contribution in [1.82, 2.24) is 0 Å². The van der Waals surface area contributed by atoms with E-state index in [2.05, 4.69) is 0 Å². The third kappa shape index (κ3) is 3.59. The van der Waals surface area contributed by atoms with Crippen molar-refractivity contribution in [2.75, 3.05) is 5.75 Å². The second-order valence-corrected chi connectivity index (χ2v) is 5.60. The molecule has 1 N–H and O–H groups in total. The Labute approximate surface area is 89.2 Å². The number of aliphatic carboxylic acids is 1. The van der Waals surface area contributed by atoms with Gasteiger partial charge in [0.2, 0.25) is 0 Å². The zero-order valence-electron chi connectivity index (χ0n) is 7.80. The SMILES string of the molecule is CC(CS(=O)Cc1cccs1)C(=O)O. The lowest BCUT2D eigenvalue weighted by Gasteiger charge is -2.04. The number of carboxylic acids is 1. The van der Waals surface area contributed by atoms with Crippen LogP contribution >= 0.6 is 11.3 Å². The maximum atomic E-state index is 11.5. The van der Waals surface area contributed by atoms with E-state index in [1.807, 2.05) is 17.5 Å². The Morgan fingerprint density at radius 3 is 2.93 bits per heavy atom. The van der Waals surface area contributed by atoms with Gasteiger partial charge in [-0.1, -0.05) is 13.0 Å². The fraction of sp³-hybridized carbons (Fsp3) is 0.444. The minimum absolute atomic E-state index is 0.229. The normalized spacial score (nSPS) is 14.9. The van der Waals surface area contributed by atoms with E-state index < -0.39 is 22.7 Å². The van der Waals surface area contributed by atoms with Crippen LogP contribution in [0.4, 0.5) is 0 Å². The average Bonchev–Trinajstić information content (AvgIpc) is 2.56. The molecule has 0 aliphatic heterocycles. The summed E-state index contributed by atoms with van der Waals surface area (Å²) < 4.78 is 11.5. The van der Waals surface area contributed by atoms with Crippen molar-refractivity contribution in [2.45, 2.75) is 12.7 Å². The van der Waals surface area contributed by atoms with Gasteiger partial charge in [0.15, 0.2) is 0 Å². The lowest BCUT2D eigenvalue weighted by molar-refractivity contribution is -0.140. The van der Waals surface area contributed by atoms with Crippen molar-refractivity contribution < 1.29 is 14.1 Å². The van der Waals surface area contributed by atoms with Crippen LogP contribution in [-0.2, 0) is 21.3 Å². The third-order valence-corrected chi connectivity index (χ3v) is 4.30. The van der Waals surface area contributed by atoms with Gasteiger partial charge in [-0.05, 0) is 11.4 Å². The van der Waals surface area contributed by atoms with Gasteiger partial charge < -0.3 is 5.11 Å². The van der Waals surface area contributed by atoms with E-state index in [1.54, 1.807) is 18.3 Å². The standard InChI is InChI=1S/C9H12O3S2/c1-7(9(10)11)5-14(12)6-8-3-2-4-13-8/h2-4,7H,5-6H2,1H3,(H,10,11). The molecule has 0 aliphatic rings. The van der Waals surface area contributed by atoms with E-state index in [0.29, 0.717) is 5.75 Å². The summed E-state index contributed by atoms with van der Waals surface area (Å²) in [5, 5.41) is 10.5. The van der Waals surface area contributed by atoms with Crippen LogP contribution in [0.25, 0.3) is 0 Å². The first-order chi connectivity index (χ1) is 6.59. The van der Waals surface area contributed by atoms with Crippen LogP contribution in [0.5, 0.6) is 0 Å². The Bertz CT molecular complexity index is 319. The minimum atomic E-state index is -1.07. The first kappa shape index (κ1) is 11.4. The van der Waals surface area contributed by atoms with Crippen LogP contribution in [-0.4, -0.2) is 21.0 Å². The molecule has 1 heterocycles. The van der Waals surface area contributed by atoms with Gasteiger partial charge >= 0.3 is 5.97 Å². The van der Waals surface area contributed by atoms with E-state index in [0.717, 1.165) is 4.88 Å². The summed E-state index contributed by atoms with van der Waals surface area (Å²) in [6.07, 6.45) is 0. The maximum Gasteiger partial charge on any atom is 0.307 e. The second kappa shape index (κ2) is 5.26. The van der Waals surface area contributed by atoms with E-state index in [1.165, 1.54) is 0 Å². The number of carboxylic acid groups (broad SMARTS) is 1. The summed E-state index contributed by atoms with van der Waals surface area (Å²) in [6, 6.07) is 3.81. The summed E-state index contributed by atoms with van der Waals surface area (Å²) in [5.74, 6) is -0.719. The molecular weight excluding hydrogens is 220 g/mol. The molecule has 0 fully saturated rings. The molecule has 2 atom stereocenters. The Morgan fingerprint density at radius 1 is 1.71 bits per heavy atom. The Balaban J connectivity index is 2.40. The highest BCUT2D eigenvalue weighted by Gasteiger charge is 2.14. The first-order valence-corrected chi connectivity index (χ1v) is 6.56. The highest BCUT2D eigenvalue weighted by Crippen LogP contribution is 2.12. The molecule has 1 rings (SSSR count). The van der Waals surface area contributed by atoms with Crippen molar-refractivity contribution in [3.8, 4) is 0 Å². The fourth-order valence-electron chi connectivity index (χ4n) is 0.962. The lowest BCUT2D eigenvalue weighted by atomic mass is 10.2. The lowest BCUT2D eigenvalue weighted by Crippen LogP contribution is -2.17. The minimum Gasteiger partial charge on any atom is -0.481 e. The highest BCUT2D eigenvalue weighted by molar-refractivity contribution is 7.84. The topological polar surface area (TPSA) is 54.4 Å². The van der Waals surface area contributed by atoms with E-state index in [4.69, 9.17) is 5.11 Å². The summed E-state index contributed by atoms with van der Waals surface area (Å²) in [5.41, 5.74) is 0. The Morgan fingerprint density at radius 2 is 2.43 bits per heavy atom. The number of rotatable bonds is 5. The van der Waals surface area contributed by atoms with Gasteiger partial charge in [0, 0.05) is 21.4 Å². The van der Waals surface area contributed by atoms with Crippen LogP contribution in [0, 0.1) is 5.92 Å². The number of thiophene rings is 1. The molecule has 0 saturated carbocycles. The molecule has 14 heavy (non-hydrogen) atoms. The molecule has 1 aromatic heterocycles. The van der Waals surface area contributed by atoms with Gasteiger partial charge in [0.25, 0.3) is 0 Å². The molecule has 5 heteroatoms. The van der Waals surface area contributed by atoms with Crippen molar-refractivity contribution in [3.05, 3.63) is 22.4 Å². The highest BCUT2D eigenvalue weighted by atomic mass is 32.2. The summed E-state index contributed by atoms with van der Waals surface area (Å²) in [6.45, 7) is 1.58. The van der Waals surface area contributed by atoms with Crippen LogP contribution in [0.1, 0.15) is 11.8 Å². The van der Waals surface area contributed by atoms with E-state index in [9.17, 15) is 9.00 Å². The molecule has 0 bridgehead atoms. The molecule has 0 saturated heterocycles. The Kier molecular flexibility index (Phi) is 4.28. The van der Waals surface area contributed by atoms with Gasteiger partial charge in [-0.15, -0.1) is 11.3 Å². The molecule has 78 valence electrons. The van der Waals surface area contributed by atoms with Gasteiger partial charge in [-0.3, -0.25) is 9.00 Å². The van der Waals surface area contributed by atoms with E-state index >= 15 is 0 Å². The summed E-state index contributed by atoms with van der Waals surface area (Å²) >= 11 is 1.55. The van der Waals surface area contributed by atoms with Crippen LogP contribution in [0.3, 0.4) is 0 Å². The number of hydrogen-bond donors (Lipinski definition) is 1. The van der Waals surface area contributed by atoms with Gasteiger partial charge in [-0.2, -0.15) is 0 Å². The van der Waals surface area contributed by atoms with Crippen molar-refractivity contribution >= 4 is 28.1 Å². The molecule has 2 unspecified atom stereocenters. The van der Waals surface area contributed by atoms with Crippen LogP contribution in [0.15, 0.2) is 17.5 Å². The van der Waals surface area contributed by atoms with Crippen LogP contribution < -0.4 is 0 Å². The Hall–Kier alpha value is -0.680. The largest absolute Gasteiger partial charge is 0.481 e. The predicted octanol–water partition coefficient (Wildman–Crippen LogP) is 1.72. The molecule has 0 radical (unpaired) electrons. The molecule has 0 aliphatic carbocycles. The second-order valence-electron chi connectivity index (χ2n) is 3.07. The third-order valence-electron chi connectivity index (χ3n) is 1.74. The first-order valence-electron chi connectivity index (χ1n) is 4.19. The van der Waals surface area contributed by atoms with Crippen LogP contribution in [0.2, 0.25) is 0 Å². The van der Waals surface area contributed by atoms with Gasteiger partial charge in [-0.25, -0.2) is 0 Å². The summed E-state index contributed by atoms with van der Waals surface area (Å²) in [7, 11) is -1.07. The van der Waals surface area contributed by atoms with E-state index in [-0.39, 0.29) is 5.75 Å². The zero-order chi connectivity index (χ0) is 10.6. The maximum absolute atomic E-state index is 11.5. The molecule has 3 nitrogen and oxygen atoms in total. The molecular formula is C9H12O3S2. The van der Waals surface area contributed by atoms with Gasteiger partial charge in [0.05, 0.1) is 11.7 Å². The fourth-order valence-corrected chi connectivity index (χ4v) is 3.35. The molecule has 1 aromatic rings. The quantitative estimate of drug-likeness (QED) is 0.841. The molecule has 0 aromatic carbocycles. The molecule has 0 spiro atoms. The average molecular weight is 232 g/mol. The smallest absolute Gasteiger partial charge is 0.307 e. The number of carbonyl (C=O) groups is 1.